The number of nitro benzene ring substituents is 1. The number of hydrazone groups is 1. The average Bonchev–Trinajstić information content (AvgIpc) is 2.55. The molecule has 0 saturated heterocycles. The minimum atomic E-state index is -0.716. The van der Waals surface area contributed by atoms with Gasteiger partial charge in [-0.3, -0.25) is 14.9 Å². The molecule has 2 rings (SSSR count). The van der Waals surface area contributed by atoms with Crippen LogP contribution in [0, 0.1) is 10.1 Å². The van der Waals surface area contributed by atoms with Crippen LogP contribution in [0.1, 0.15) is 15.9 Å². The summed E-state index contributed by atoms with van der Waals surface area (Å²) in [5, 5.41) is 24.6. The molecule has 2 N–H and O–H groups in total. The third kappa shape index (κ3) is 4.00. The number of phenols is 1. The van der Waals surface area contributed by atoms with Gasteiger partial charge in [-0.2, -0.15) is 5.10 Å². The predicted octanol–water partition coefficient (Wildman–Crippen LogP) is 4.35. The highest BCUT2D eigenvalue weighted by Crippen LogP contribution is 2.38. The summed E-state index contributed by atoms with van der Waals surface area (Å²) in [4.78, 5) is 22.3. The summed E-state index contributed by atoms with van der Waals surface area (Å²) in [6.07, 6.45) is 1.30. The normalized spacial score (nSPS) is 10.8. The van der Waals surface area contributed by atoms with Crippen LogP contribution < -0.4 is 5.43 Å². The van der Waals surface area contributed by atoms with Crippen molar-refractivity contribution in [3.8, 4) is 5.75 Å². The number of nitrogens with zero attached hydrogens (tertiary/aromatic N) is 2. The molecule has 0 aliphatic rings. The van der Waals surface area contributed by atoms with Crippen LogP contribution in [-0.4, -0.2) is 22.2 Å². The summed E-state index contributed by atoms with van der Waals surface area (Å²) < 4.78 is 1.46. The second kappa shape index (κ2) is 7.86. The van der Waals surface area contributed by atoms with Gasteiger partial charge in [-0.1, -0.05) is 28.1 Å². The van der Waals surface area contributed by atoms with Crippen LogP contribution in [0.3, 0.4) is 0 Å². The van der Waals surface area contributed by atoms with Crippen LogP contribution in [0.25, 0.3) is 0 Å². The van der Waals surface area contributed by atoms with Crippen LogP contribution in [0.15, 0.2) is 48.9 Å². The smallest absolute Gasteiger partial charge is 0.282 e. The molecule has 0 atom stereocenters. The Balaban J connectivity index is 2.23. The molecular weight excluding hydrogens is 514 g/mol. The number of aromatic hydroxyl groups is 1. The zero-order chi connectivity index (χ0) is 17.9. The van der Waals surface area contributed by atoms with E-state index in [4.69, 9.17) is 0 Å². The topological polar surface area (TPSA) is 105 Å². The van der Waals surface area contributed by atoms with E-state index < -0.39 is 10.8 Å². The fourth-order valence-electron chi connectivity index (χ4n) is 1.75. The zero-order valence-corrected chi connectivity index (χ0v) is 16.4. The van der Waals surface area contributed by atoms with Crippen LogP contribution in [0.2, 0.25) is 0 Å². The van der Waals surface area contributed by atoms with Gasteiger partial charge in [0.1, 0.15) is 11.3 Å². The second-order valence-corrected chi connectivity index (χ2v) is 6.89. The number of carbonyl (C=O) groups is 1. The molecule has 1 amide bonds. The Morgan fingerprint density at radius 1 is 1.25 bits per heavy atom. The Kier molecular flexibility index (Phi) is 6.08. The fraction of sp³-hybridized carbons (Fsp3) is 0. The highest BCUT2D eigenvalue weighted by atomic mass is 79.9. The lowest BCUT2D eigenvalue weighted by Crippen LogP contribution is -2.19. The van der Waals surface area contributed by atoms with E-state index in [2.05, 4.69) is 58.3 Å². The molecule has 0 radical (unpaired) electrons. The number of amides is 1. The zero-order valence-electron chi connectivity index (χ0n) is 11.7. The van der Waals surface area contributed by atoms with Gasteiger partial charge < -0.3 is 5.11 Å². The molecule has 24 heavy (non-hydrogen) atoms. The number of rotatable bonds is 4. The maximum Gasteiger partial charge on any atom is 0.282 e. The molecule has 0 aromatic heterocycles. The van der Waals surface area contributed by atoms with Crippen molar-refractivity contribution in [3.05, 3.63) is 65.0 Å². The summed E-state index contributed by atoms with van der Waals surface area (Å²) in [6, 6.07) is 7.17. The second-order valence-electron chi connectivity index (χ2n) is 4.39. The lowest BCUT2D eigenvalue weighted by atomic mass is 10.2. The number of carbonyl (C=O) groups excluding carboxylic acids is 1. The van der Waals surface area contributed by atoms with E-state index in [1.807, 2.05) is 0 Å². The number of nitro groups is 1. The van der Waals surface area contributed by atoms with Crippen molar-refractivity contribution in [3.63, 3.8) is 0 Å². The lowest BCUT2D eigenvalue weighted by Gasteiger charge is -2.07. The van der Waals surface area contributed by atoms with Crippen molar-refractivity contribution in [1.82, 2.24) is 5.43 Å². The molecular formula is C14H8Br3N3O4. The van der Waals surface area contributed by atoms with Crippen molar-refractivity contribution < 1.29 is 14.8 Å². The van der Waals surface area contributed by atoms with Crippen molar-refractivity contribution in [2.75, 3.05) is 0 Å². The molecule has 0 unspecified atom stereocenters. The molecule has 124 valence electrons. The van der Waals surface area contributed by atoms with Crippen molar-refractivity contribution in [1.29, 1.82) is 0 Å². The summed E-state index contributed by atoms with van der Waals surface area (Å²) in [6.45, 7) is 0. The minimum absolute atomic E-state index is 0.0235. The van der Waals surface area contributed by atoms with Gasteiger partial charge >= 0.3 is 0 Å². The molecule has 0 aliphatic heterocycles. The van der Waals surface area contributed by atoms with Gasteiger partial charge in [0.25, 0.3) is 11.6 Å². The van der Waals surface area contributed by atoms with Crippen molar-refractivity contribution in [2.45, 2.75) is 0 Å². The Labute approximate surface area is 161 Å². The van der Waals surface area contributed by atoms with Gasteiger partial charge in [0.2, 0.25) is 0 Å². The average molecular weight is 522 g/mol. The largest absolute Gasteiger partial charge is 0.506 e. The molecule has 2 aromatic rings. The molecule has 0 fully saturated rings. The van der Waals surface area contributed by atoms with Crippen molar-refractivity contribution in [2.24, 2.45) is 5.10 Å². The Morgan fingerprint density at radius 2 is 1.92 bits per heavy atom. The van der Waals surface area contributed by atoms with E-state index in [9.17, 15) is 20.0 Å². The fourth-order valence-corrected chi connectivity index (χ4v) is 4.08. The summed E-state index contributed by atoms with van der Waals surface area (Å²) in [5.41, 5.74) is 2.30. The monoisotopic (exact) mass is 519 g/mol. The molecule has 7 nitrogen and oxygen atoms in total. The standard InChI is InChI=1S/C14H8Br3N3O4/c15-9-5-10(16)13(21)12(17)8(9)6-18-19-14(22)7-3-1-2-4-11(7)20(23)24/h1-6,21H,(H,19,22)/b18-6-. The maximum absolute atomic E-state index is 12.0. The van der Waals surface area contributed by atoms with Gasteiger partial charge in [-0.15, -0.1) is 0 Å². The van der Waals surface area contributed by atoms with Crippen LogP contribution in [0.4, 0.5) is 5.69 Å². The first-order valence-electron chi connectivity index (χ1n) is 6.26. The van der Waals surface area contributed by atoms with Gasteiger partial charge in [0, 0.05) is 16.1 Å². The SMILES string of the molecule is O=C(N/N=C\c1c(Br)cc(Br)c(O)c1Br)c1ccccc1[N+](=O)[O-]. The molecule has 0 heterocycles. The van der Waals surface area contributed by atoms with Crippen molar-refractivity contribution >= 4 is 65.6 Å². The minimum Gasteiger partial charge on any atom is -0.506 e. The highest BCUT2D eigenvalue weighted by Gasteiger charge is 2.18. The summed E-state index contributed by atoms with van der Waals surface area (Å²) >= 11 is 9.72. The lowest BCUT2D eigenvalue weighted by molar-refractivity contribution is -0.385. The van der Waals surface area contributed by atoms with Crippen LogP contribution in [-0.2, 0) is 0 Å². The number of hydrogen-bond acceptors (Lipinski definition) is 5. The summed E-state index contributed by atoms with van der Waals surface area (Å²) in [5.74, 6) is -0.739. The number of para-hydroxylation sites is 1. The number of phenolic OH excluding ortho intramolecular Hbond substituents is 1. The third-order valence-corrected chi connectivity index (χ3v) is 4.95. The molecule has 0 bridgehead atoms. The first-order chi connectivity index (χ1) is 11.3. The van der Waals surface area contributed by atoms with Gasteiger partial charge in [0.05, 0.1) is 20.1 Å². The van der Waals surface area contributed by atoms with Gasteiger partial charge in [-0.25, -0.2) is 5.43 Å². The van der Waals surface area contributed by atoms with Gasteiger partial charge in [-0.05, 0) is 44.0 Å². The van der Waals surface area contributed by atoms with Crippen LogP contribution >= 0.6 is 47.8 Å². The highest BCUT2D eigenvalue weighted by molar-refractivity contribution is 9.11. The Hall–Kier alpha value is -1.78. The molecule has 0 saturated carbocycles. The molecule has 2 aromatic carbocycles. The Morgan fingerprint density at radius 3 is 2.58 bits per heavy atom. The number of halogens is 3. The van der Waals surface area contributed by atoms with E-state index in [0.29, 0.717) is 19.0 Å². The van der Waals surface area contributed by atoms with Crippen LogP contribution in [0.5, 0.6) is 5.75 Å². The van der Waals surface area contributed by atoms with E-state index in [0.717, 1.165) is 0 Å². The summed E-state index contributed by atoms with van der Waals surface area (Å²) in [7, 11) is 0. The maximum atomic E-state index is 12.0. The molecule has 0 spiro atoms. The van der Waals surface area contributed by atoms with E-state index in [1.54, 1.807) is 6.07 Å². The first-order valence-corrected chi connectivity index (χ1v) is 8.64. The number of benzene rings is 2. The quantitative estimate of drug-likeness (QED) is 0.354. The molecule has 0 aliphatic carbocycles. The van der Waals surface area contributed by atoms with E-state index in [-0.39, 0.29) is 17.0 Å². The first kappa shape index (κ1) is 18.6. The third-order valence-electron chi connectivity index (χ3n) is 2.89. The van der Waals surface area contributed by atoms with E-state index in [1.165, 1.54) is 30.5 Å². The number of hydrogen-bond donors (Lipinski definition) is 2. The Bertz CT molecular complexity index is 855. The molecule has 10 heteroatoms. The predicted molar refractivity (Wildman–Crippen MR) is 99.4 cm³/mol. The number of nitrogens with one attached hydrogen (secondary N) is 1. The van der Waals surface area contributed by atoms with Gasteiger partial charge in [0.15, 0.2) is 0 Å². The van der Waals surface area contributed by atoms with E-state index >= 15 is 0 Å².